The van der Waals surface area contributed by atoms with Gasteiger partial charge in [0.2, 0.25) is 0 Å². The van der Waals surface area contributed by atoms with E-state index in [9.17, 15) is 0 Å². The molecular weight excluding hydrogens is 174 g/mol. The number of H-pyrrole nitrogens is 1. The summed E-state index contributed by atoms with van der Waals surface area (Å²) in [7, 11) is 0. The van der Waals surface area contributed by atoms with E-state index in [2.05, 4.69) is 22.1 Å². The second kappa shape index (κ2) is 3.07. The Morgan fingerprint density at radius 2 is 2.07 bits per heavy atom. The molecule has 1 heterocycles. The Kier molecular flexibility index (Phi) is 1.85. The lowest BCUT2D eigenvalue weighted by molar-refractivity contribution is 0.591. The van der Waals surface area contributed by atoms with Gasteiger partial charge in [-0.3, -0.25) is 5.10 Å². The van der Waals surface area contributed by atoms with Crippen LogP contribution >= 0.6 is 0 Å². The molecule has 76 valence electrons. The van der Waals surface area contributed by atoms with Gasteiger partial charge in [-0.1, -0.05) is 6.92 Å². The highest BCUT2D eigenvalue weighted by atomic mass is 15.2. The standard InChI is InChI=1S/C11H17N3/c1-2-3-10-12-11(14-13-10)9-5-7-4-8(7)6-9/h7-9H,2-6H2,1H3,(H,12,13,14). The van der Waals surface area contributed by atoms with Gasteiger partial charge in [-0.05, 0) is 37.5 Å². The van der Waals surface area contributed by atoms with Crippen molar-refractivity contribution in [2.75, 3.05) is 0 Å². The number of aryl methyl sites for hydroxylation is 1. The molecule has 14 heavy (non-hydrogen) atoms. The van der Waals surface area contributed by atoms with E-state index in [0.717, 1.165) is 36.3 Å². The lowest BCUT2D eigenvalue weighted by Gasteiger charge is -2.04. The average molecular weight is 191 g/mol. The third-order valence-corrected chi connectivity index (χ3v) is 3.64. The predicted molar refractivity (Wildman–Crippen MR) is 53.9 cm³/mol. The summed E-state index contributed by atoms with van der Waals surface area (Å²) >= 11 is 0. The number of fused-ring (bicyclic) bond motifs is 1. The van der Waals surface area contributed by atoms with Gasteiger partial charge in [0.25, 0.3) is 0 Å². The second-order valence-electron chi connectivity index (χ2n) is 4.81. The summed E-state index contributed by atoms with van der Waals surface area (Å²) < 4.78 is 0. The van der Waals surface area contributed by atoms with Crippen molar-refractivity contribution < 1.29 is 0 Å². The minimum absolute atomic E-state index is 0.667. The molecule has 0 spiro atoms. The molecule has 2 fully saturated rings. The smallest absolute Gasteiger partial charge is 0.153 e. The summed E-state index contributed by atoms with van der Waals surface area (Å²) in [4.78, 5) is 4.57. The van der Waals surface area contributed by atoms with Crippen LogP contribution in [0.2, 0.25) is 0 Å². The van der Waals surface area contributed by atoms with E-state index >= 15 is 0 Å². The number of aromatic amines is 1. The summed E-state index contributed by atoms with van der Waals surface area (Å²) in [6, 6.07) is 0. The fourth-order valence-electron chi connectivity index (χ4n) is 2.77. The first-order valence-electron chi connectivity index (χ1n) is 5.78. The molecule has 2 saturated carbocycles. The maximum atomic E-state index is 4.57. The van der Waals surface area contributed by atoms with Crippen LogP contribution in [-0.4, -0.2) is 15.2 Å². The average Bonchev–Trinajstić information content (AvgIpc) is 2.68. The zero-order chi connectivity index (χ0) is 9.54. The van der Waals surface area contributed by atoms with Crippen molar-refractivity contribution in [2.45, 2.75) is 44.9 Å². The highest BCUT2D eigenvalue weighted by Crippen LogP contribution is 2.56. The van der Waals surface area contributed by atoms with Gasteiger partial charge < -0.3 is 0 Å². The van der Waals surface area contributed by atoms with Crippen molar-refractivity contribution in [3.8, 4) is 0 Å². The molecule has 1 aromatic heterocycles. The van der Waals surface area contributed by atoms with Gasteiger partial charge in [-0.2, -0.15) is 5.10 Å². The molecule has 0 saturated heterocycles. The zero-order valence-electron chi connectivity index (χ0n) is 8.66. The van der Waals surface area contributed by atoms with Gasteiger partial charge in [0.05, 0.1) is 0 Å². The Hall–Kier alpha value is -0.860. The van der Waals surface area contributed by atoms with Crippen LogP contribution in [0.25, 0.3) is 0 Å². The normalized spacial score (nSPS) is 34.5. The van der Waals surface area contributed by atoms with Crippen LogP contribution < -0.4 is 0 Å². The maximum absolute atomic E-state index is 4.57. The molecule has 0 radical (unpaired) electrons. The van der Waals surface area contributed by atoms with Gasteiger partial charge in [0.15, 0.2) is 5.82 Å². The third-order valence-electron chi connectivity index (χ3n) is 3.64. The van der Waals surface area contributed by atoms with Gasteiger partial charge in [0, 0.05) is 12.3 Å². The van der Waals surface area contributed by atoms with Crippen LogP contribution in [0.4, 0.5) is 0 Å². The van der Waals surface area contributed by atoms with Crippen molar-refractivity contribution >= 4 is 0 Å². The lowest BCUT2D eigenvalue weighted by atomic mass is 10.0. The lowest BCUT2D eigenvalue weighted by Crippen LogP contribution is -1.98. The van der Waals surface area contributed by atoms with E-state index in [4.69, 9.17) is 0 Å². The Bertz CT molecular complexity index is 321. The minimum Gasteiger partial charge on any atom is -0.263 e. The van der Waals surface area contributed by atoms with Crippen LogP contribution in [0.5, 0.6) is 0 Å². The monoisotopic (exact) mass is 191 g/mol. The van der Waals surface area contributed by atoms with Crippen molar-refractivity contribution in [3.63, 3.8) is 0 Å². The number of hydrogen-bond donors (Lipinski definition) is 1. The van der Waals surface area contributed by atoms with Gasteiger partial charge in [-0.15, -0.1) is 0 Å². The van der Waals surface area contributed by atoms with Crippen LogP contribution in [0.3, 0.4) is 0 Å². The molecule has 0 aliphatic heterocycles. The molecule has 0 aromatic carbocycles. The molecule has 3 nitrogen and oxygen atoms in total. The Labute approximate surface area is 84.3 Å². The summed E-state index contributed by atoms with van der Waals surface area (Å²) in [5.74, 6) is 4.87. The van der Waals surface area contributed by atoms with Gasteiger partial charge in [0.1, 0.15) is 5.82 Å². The first kappa shape index (κ1) is 8.45. The van der Waals surface area contributed by atoms with Crippen LogP contribution in [-0.2, 0) is 6.42 Å². The molecule has 1 aromatic rings. The first-order chi connectivity index (χ1) is 6.86. The Morgan fingerprint density at radius 3 is 2.79 bits per heavy atom. The third kappa shape index (κ3) is 1.35. The largest absolute Gasteiger partial charge is 0.263 e. The van der Waals surface area contributed by atoms with Crippen LogP contribution in [0.1, 0.15) is 50.2 Å². The Morgan fingerprint density at radius 1 is 1.29 bits per heavy atom. The molecule has 2 atom stereocenters. The highest BCUT2D eigenvalue weighted by Gasteiger charge is 2.47. The molecule has 3 heteroatoms. The summed E-state index contributed by atoms with van der Waals surface area (Å²) in [5, 5.41) is 7.39. The summed E-state index contributed by atoms with van der Waals surface area (Å²) in [6.45, 7) is 2.17. The summed E-state index contributed by atoms with van der Waals surface area (Å²) in [5.41, 5.74) is 0. The topological polar surface area (TPSA) is 41.6 Å². The predicted octanol–water partition coefficient (Wildman–Crippen LogP) is 2.27. The maximum Gasteiger partial charge on any atom is 0.153 e. The number of nitrogens with one attached hydrogen (secondary N) is 1. The molecule has 2 unspecified atom stereocenters. The number of nitrogens with zero attached hydrogens (tertiary/aromatic N) is 2. The quantitative estimate of drug-likeness (QED) is 0.796. The molecule has 2 aliphatic rings. The van der Waals surface area contributed by atoms with Crippen molar-refractivity contribution in [1.29, 1.82) is 0 Å². The molecule has 0 amide bonds. The van der Waals surface area contributed by atoms with Crippen molar-refractivity contribution in [2.24, 2.45) is 11.8 Å². The zero-order valence-corrected chi connectivity index (χ0v) is 8.66. The molecular formula is C11H17N3. The fraction of sp³-hybridized carbons (Fsp3) is 0.818. The summed E-state index contributed by atoms with van der Waals surface area (Å²) in [6.07, 6.45) is 6.34. The van der Waals surface area contributed by atoms with Gasteiger partial charge in [-0.25, -0.2) is 4.98 Å². The number of rotatable bonds is 3. The first-order valence-corrected chi connectivity index (χ1v) is 5.78. The van der Waals surface area contributed by atoms with Gasteiger partial charge >= 0.3 is 0 Å². The second-order valence-corrected chi connectivity index (χ2v) is 4.81. The molecule has 2 aliphatic carbocycles. The molecule has 1 N–H and O–H groups in total. The highest BCUT2D eigenvalue weighted by molar-refractivity contribution is 5.08. The van der Waals surface area contributed by atoms with E-state index in [-0.39, 0.29) is 0 Å². The fourth-order valence-corrected chi connectivity index (χ4v) is 2.77. The minimum atomic E-state index is 0.667. The van der Waals surface area contributed by atoms with E-state index in [1.54, 1.807) is 0 Å². The van der Waals surface area contributed by atoms with Crippen LogP contribution in [0, 0.1) is 11.8 Å². The van der Waals surface area contributed by atoms with E-state index in [1.165, 1.54) is 19.3 Å². The van der Waals surface area contributed by atoms with E-state index in [1.807, 2.05) is 0 Å². The SMILES string of the molecule is CCCc1nc(C2CC3CC3C2)n[nH]1. The van der Waals surface area contributed by atoms with E-state index in [0.29, 0.717) is 5.92 Å². The Balaban J connectivity index is 1.70. The molecule has 3 rings (SSSR count). The van der Waals surface area contributed by atoms with E-state index < -0.39 is 0 Å². The molecule has 0 bridgehead atoms. The van der Waals surface area contributed by atoms with Crippen molar-refractivity contribution in [3.05, 3.63) is 11.6 Å². The number of aromatic nitrogens is 3. The van der Waals surface area contributed by atoms with Crippen molar-refractivity contribution in [1.82, 2.24) is 15.2 Å². The van der Waals surface area contributed by atoms with Crippen LogP contribution in [0.15, 0.2) is 0 Å². The number of hydrogen-bond acceptors (Lipinski definition) is 2.